The lowest BCUT2D eigenvalue weighted by atomic mass is 9.87. The van der Waals surface area contributed by atoms with Crippen molar-refractivity contribution in [3.8, 4) is 0 Å². The molecule has 0 radical (unpaired) electrons. The monoisotopic (exact) mass is 303 g/mol. The minimum atomic E-state index is 0.404. The molecule has 0 saturated carbocycles. The smallest absolute Gasteiger partial charge is 0.244 e. The quantitative estimate of drug-likeness (QED) is 0.892. The van der Waals surface area contributed by atoms with Crippen LogP contribution in [0.25, 0.3) is 0 Å². The number of aryl methyl sites for hydroxylation is 1. The summed E-state index contributed by atoms with van der Waals surface area (Å²) in [5.41, 5.74) is 1.46. The van der Waals surface area contributed by atoms with Gasteiger partial charge in [-0.05, 0) is 43.2 Å². The van der Waals surface area contributed by atoms with E-state index in [1.807, 2.05) is 11.3 Å². The van der Waals surface area contributed by atoms with E-state index in [2.05, 4.69) is 38.8 Å². The van der Waals surface area contributed by atoms with Crippen molar-refractivity contribution in [2.75, 3.05) is 24.5 Å². The van der Waals surface area contributed by atoms with Gasteiger partial charge in [0.1, 0.15) is 5.82 Å². The number of hydrogen-bond acceptors (Lipinski definition) is 5. The third kappa shape index (κ3) is 2.46. The van der Waals surface area contributed by atoms with E-state index < -0.39 is 0 Å². The molecule has 6 heteroatoms. The van der Waals surface area contributed by atoms with Gasteiger partial charge in [0.25, 0.3) is 0 Å². The van der Waals surface area contributed by atoms with E-state index in [4.69, 9.17) is 4.98 Å². The zero-order valence-electron chi connectivity index (χ0n) is 12.3. The van der Waals surface area contributed by atoms with E-state index in [0.717, 1.165) is 31.4 Å². The number of rotatable bonds is 2. The van der Waals surface area contributed by atoms with E-state index in [1.54, 1.807) is 0 Å². The Morgan fingerprint density at radius 1 is 1.43 bits per heavy atom. The van der Waals surface area contributed by atoms with Crippen molar-refractivity contribution in [3.05, 3.63) is 27.7 Å². The maximum Gasteiger partial charge on any atom is 0.244 e. The molecule has 21 heavy (non-hydrogen) atoms. The topological polar surface area (TPSA) is 56.8 Å². The molecule has 1 fully saturated rings. The Hall–Kier alpha value is -1.40. The van der Waals surface area contributed by atoms with Crippen molar-refractivity contribution in [1.29, 1.82) is 0 Å². The van der Waals surface area contributed by atoms with Crippen molar-refractivity contribution >= 4 is 17.3 Å². The Morgan fingerprint density at radius 3 is 3.29 bits per heavy atom. The number of fused-ring (bicyclic) bond motifs is 1. The minimum Gasteiger partial charge on any atom is -0.337 e. The maximum absolute atomic E-state index is 4.81. The fourth-order valence-corrected chi connectivity index (χ4v) is 4.43. The highest BCUT2D eigenvalue weighted by Crippen LogP contribution is 2.38. The van der Waals surface area contributed by atoms with Gasteiger partial charge in [0, 0.05) is 36.5 Å². The van der Waals surface area contributed by atoms with Crippen LogP contribution in [-0.4, -0.2) is 40.9 Å². The second-order valence-corrected chi connectivity index (χ2v) is 7.07. The molecule has 0 bridgehead atoms. The molecule has 1 aliphatic carbocycles. The normalized spacial score (nSPS) is 25.9. The van der Waals surface area contributed by atoms with Crippen molar-refractivity contribution in [2.45, 2.75) is 38.1 Å². The fourth-order valence-electron chi connectivity index (χ4n) is 3.45. The van der Waals surface area contributed by atoms with Gasteiger partial charge in [-0.2, -0.15) is 4.98 Å². The number of thiophene rings is 1. The van der Waals surface area contributed by atoms with Crippen LogP contribution < -0.4 is 10.2 Å². The second kappa shape index (κ2) is 5.42. The van der Waals surface area contributed by atoms with Crippen LogP contribution in [0.2, 0.25) is 0 Å². The molecule has 3 heterocycles. The lowest BCUT2D eigenvalue weighted by molar-refractivity contribution is 0.479. The summed E-state index contributed by atoms with van der Waals surface area (Å²) in [5.74, 6) is 2.30. The second-order valence-electron chi connectivity index (χ2n) is 6.07. The number of H-pyrrole nitrogens is 1. The summed E-state index contributed by atoms with van der Waals surface area (Å²) < 4.78 is 0. The van der Waals surface area contributed by atoms with Gasteiger partial charge < -0.3 is 10.2 Å². The van der Waals surface area contributed by atoms with Crippen LogP contribution in [0.5, 0.6) is 0 Å². The number of aromatic amines is 1. The van der Waals surface area contributed by atoms with Crippen LogP contribution in [0.15, 0.2) is 11.4 Å². The van der Waals surface area contributed by atoms with E-state index >= 15 is 0 Å². The average Bonchev–Trinajstić information content (AvgIpc) is 3.16. The number of nitrogens with zero attached hydrogens (tertiary/aromatic N) is 3. The molecule has 2 aromatic rings. The zero-order valence-corrected chi connectivity index (χ0v) is 13.1. The first kappa shape index (κ1) is 13.3. The van der Waals surface area contributed by atoms with Crippen LogP contribution >= 0.6 is 11.3 Å². The molecule has 0 spiro atoms. The zero-order chi connectivity index (χ0) is 14.2. The Bertz CT molecular complexity index is 619. The molecule has 0 amide bonds. The summed E-state index contributed by atoms with van der Waals surface area (Å²) in [6, 6.07) is 2.76. The van der Waals surface area contributed by atoms with Crippen LogP contribution in [0.1, 0.15) is 41.9 Å². The summed E-state index contributed by atoms with van der Waals surface area (Å²) in [4.78, 5) is 8.61. The average molecular weight is 303 g/mol. The molecule has 5 nitrogen and oxygen atoms in total. The van der Waals surface area contributed by atoms with E-state index in [0.29, 0.717) is 12.0 Å². The van der Waals surface area contributed by atoms with Gasteiger partial charge >= 0.3 is 0 Å². The van der Waals surface area contributed by atoms with Gasteiger partial charge in [-0.3, -0.25) is 5.10 Å². The van der Waals surface area contributed by atoms with Crippen molar-refractivity contribution in [1.82, 2.24) is 20.5 Å². The van der Waals surface area contributed by atoms with Gasteiger partial charge in [-0.1, -0.05) is 0 Å². The minimum absolute atomic E-state index is 0.404. The number of nitrogens with one attached hydrogen (secondary N) is 2. The van der Waals surface area contributed by atoms with Crippen LogP contribution in [-0.2, 0) is 6.42 Å². The SMILES string of the molecule is CC1CN(c2n[nH]c(C3CCCc4sccc43)n2)CCN1. The van der Waals surface area contributed by atoms with Gasteiger partial charge in [0.15, 0.2) is 0 Å². The van der Waals surface area contributed by atoms with E-state index in [1.165, 1.54) is 29.7 Å². The predicted molar refractivity (Wildman–Crippen MR) is 85.2 cm³/mol. The highest BCUT2D eigenvalue weighted by atomic mass is 32.1. The first-order valence-corrected chi connectivity index (χ1v) is 8.66. The molecule has 112 valence electrons. The Morgan fingerprint density at radius 2 is 2.38 bits per heavy atom. The number of hydrogen-bond donors (Lipinski definition) is 2. The highest BCUT2D eigenvalue weighted by molar-refractivity contribution is 7.10. The van der Waals surface area contributed by atoms with Crippen molar-refractivity contribution in [3.63, 3.8) is 0 Å². The summed E-state index contributed by atoms with van der Waals surface area (Å²) in [5, 5.41) is 13.3. The molecule has 2 N–H and O–H groups in total. The summed E-state index contributed by atoms with van der Waals surface area (Å²) in [6.45, 7) is 5.17. The highest BCUT2D eigenvalue weighted by Gasteiger charge is 2.27. The first-order chi connectivity index (χ1) is 10.3. The summed E-state index contributed by atoms with van der Waals surface area (Å²) >= 11 is 1.88. The third-order valence-electron chi connectivity index (χ3n) is 4.52. The molecule has 2 aliphatic rings. The van der Waals surface area contributed by atoms with E-state index in [9.17, 15) is 0 Å². The molecule has 4 rings (SSSR count). The number of anilines is 1. The van der Waals surface area contributed by atoms with Crippen molar-refractivity contribution < 1.29 is 0 Å². The molecule has 2 unspecified atom stereocenters. The fraction of sp³-hybridized carbons (Fsp3) is 0.600. The van der Waals surface area contributed by atoms with Gasteiger partial charge in [0.2, 0.25) is 5.95 Å². The van der Waals surface area contributed by atoms with Crippen molar-refractivity contribution in [2.24, 2.45) is 0 Å². The maximum atomic E-state index is 4.81. The van der Waals surface area contributed by atoms with Crippen LogP contribution in [0.3, 0.4) is 0 Å². The Kier molecular flexibility index (Phi) is 3.43. The molecule has 2 aromatic heterocycles. The molecule has 0 aromatic carbocycles. The molecule has 1 saturated heterocycles. The third-order valence-corrected chi connectivity index (χ3v) is 5.52. The number of aromatic nitrogens is 3. The molecule has 1 aliphatic heterocycles. The van der Waals surface area contributed by atoms with E-state index in [-0.39, 0.29) is 0 Å². The van der Waals surface area contributed by atoms with Gasteiger partial charge in [-0.15, -0.1) is 16.4 Å². The molecule has 2 atom stereocenters. The summed E-state index contributed by atoms with van der Waals surface area (Å²) in [7, 11) is 0. The largest absolute Gasteiger partial charge is 0.337 e. The van der Waals surface area contributed by atoms with Crippen LogP contribution in [0.4, 0.5) is 5.95 Å². The lowest BCUT2D eigenvalue weighted by Gasteiger charge is -2.30. The predicted octanol–water partition coefficient (Wildman–Crippen LogP) is 2.13. The molecular weight excluding hydrogens is 282 g/mol. The standard InChI is InChI=1S/C15H21N5S/c1-10-9-20(7-6-16-10)15-17-14(18-19-15)12-3-2-4-13-11(12)5-8-21-13/h5,8,10,12,16H,2-4,6-7,9H2,1H3,(H,17,18,19). The summed E-state index contributed by atoms with van der Waals surface area (Å²) in [6.07, 6.45) is 3.65. The first-order valence-electron chi connectivity index (χ1n) is 7.78. The number of piperazine rings is 1. The lowest BCUT2D eigenvalue weighted by Crippen LogP contribution is -2.49. The van der Waals surface area contributed by atoms with Gasteiger partial charge in [0.05, 0.1) is 0 Å². The Labute approximate surface area is 128 Å². The van der Waals surface area contributed by atoms with Gasteiger partial charge in [-0.25, -0.2) is 0 Å². The Balaban J connectivity index is 1.58. The van der Waals surface area contributed by atoms with Crippen LogP contribution in [0, 0.1) is 0 Å². The molecular formula is C15H21N5S.